The highest BCUT2D eigenvalue weighted by atomic mass is 79.9. The minimum atomic E-state index is 0.0293. The summed E-state index contributed by atoms with van der Waals surface area (Å²) in [6.45, 7) is 0.624. The first-order chi connectivity index (χ1) is 9.10. The van der Waals surface area contributed by atoms with Crippen LogP contribution < -0.4 is 5.32 Å². The van der Waals surface area contributed by atoms with Crippen LogP contribution in [0.2, 0.25) is 0 Å². The minimum Gasteiger partial charge on any atom is -0.388 e. The van der Waals surface area contributed by atoms with Gasteiger partial charge in [-0.25, -0.2) is 0 Å². The van der Waals surface area contributed by atoms with Crippen LogP contribution >= 0.6 is 27.3 Å². The van der Waals surface area contributed by atoms with Gasteiger partial charge in [0.25, 0.3) is 5.91 Å². The monoisotopic (exact) mass is 338 g/mol. The van der Waals surface area contributed by atoms with Gasteiger partial charge in [-0.2, -0.15) is 0 Å². The molecule has 1 N–H and O–H groups in total. The average molecular weight is 339 g/mol. The van der Waals surface area contributed by atoms with E-state index in [1.54, 1.807) is 16.2 Å². The molecule has 0 fully saturated rings. The van der Waals surface area contributed by atoms with Gasteiger partial charge in [-0.05, 0) is 46.3 Å². The number of nitrogens with one attached hydrogen (secondary N) is 1. The molecule has 2 aromatic rings. The maximum Gasteiger partial charge on any atom is 0.253 e. The zero-order valence-electron chi connectivity index (χ0n) is 10.8. The summed E-state index contributed by atoms with van der Waals surface area (Å²) in [5, 5.41) is 3.04. The fraction of sp³-hybridized carbons (Fsp3) is 0.214. The number of carbonyl (C=O) groups is 1. The number of halogens is 1. The molecule has 0 aliphatic rings. The standard InChI is InChI=1S/C14H15BrN2OS/c1-16-11-5-3-4-10(8-11)14(18)17(2)9-12-6-7-13(15)19-12/h3-8,16H,9H2,1-2H3. The van der Waals surface area contributed by atoms with Gasteiger partial charge < -0.3 is 10.2 Å². The van der Waals surface area contributed by atoms with Crippen molar-refractivity contribution in [2.45, 2.75) is 6.54 Å². The summed E-state index contributed by atoms with van der Waals surface area (Å²) in [5.41, 5.74) is 1.64. The Hall–Kier alpha value is -1.33. The molecule has 0 spiro atoms. The van der Waals surface area contributed by atoms with Crippen LogP contribution in [-0.4, -0.2) is 24.9 Å². The minimum absolute atomic E-state index is 0.0293. The lowest BCUT2D eigenvalue weighted by molar-refractivity contribution is 0.0786. The van der Waals surface area contributed by atoms with Crippen LogP contribution in [0.5, 0.6) is 0 Å². The van der Waals surface area contributed by atoms with Crippen LogP contribution in [0.25, 0.3) is 0 Å². The highest BCUT2D eigenvalue weighted by molar-refractivity contribution is 9.11. The summed E-state index contributed by atoms with van der Waals surface area (Å²) in [6.07, 6.45) is 0. The van der Waals surface area contributed by atoms with Crippen LogP contribution in [-0.2, 0) is 6.54 Å². The first-order valence-electron chi connectivity index (χ1n) is 5.87. The fourth-order valence-corrected chi connectivity index (χ4v) is 3.31. The molecule has 2 rings (SSSR count). The van der Waals surface area contributed by atoms with Crippen molar-refractivity contribution in [1.82, 2.24) is 4.90 Å². The van der Waals surface area contributed by atoms with Crippen LogP contribution in [0, 0.1) is 0 Å². The zero-order valence-corrected chi connectivity index (χ0v) is 13.2. The third-order valence-corrected chi connectivity index (χ3v) is 4.38. The highest BCUT2D eigenvalue weighted by Crippen LogP contribution is 2.23. The predicted octanol–water partition coefficient (Wildman–Crippen LogP) is 3.82. The molecular formula is C14H15BrN2OS. The van der Waals surface area contributed by atoms with Gasteiger partial charge >= 0.3 is 0 Å². The molecule has 0 saturated carbocycles. The second-order valence-electron chi connectivity index (χ2n) is 4.20. The highest BCUT2D eigenvalue weighted by Gasteiger charge is 2.13. The SMILES string of the molecule is CNc1cccc(C(=O)N(C)Cc2ccc(Br)s2)c1. The number of benzene rings is 1. The van der Waals surface area contributed by atoms with Gasteiger partial charge in [0, 0.05) is 30.2 Å². The van der Waals surface area contributed by atoms with Gasteiger partial charge in [0.2, 0.25) is 0 Å². The summed E-state index contributed by atoms with van der Waals surface area (Å²) < 4.78 is 1.08. The second kappa shape index (κ2) is 6.21. The van der Waals surface area contributed by atoms with E-state index in [4.69, 9.17) is 0 Å². The molecule has 0 atom stereocenters. The van der Waals surface area contributed by atoms with Crippen molar-refractivity contribution in [2.75, 3.05) is 19.4 Å². The molecule has 0 radical (unpaired) electrons. The van der Waals surface area contributed by atoms with Crippen molar-refractivity contribution in [1.29, 1.82) is 0 Å². The van der Waals surface area contributed by atoms with E-state index in [1.165, 1.54) is 0 Å². The van der Waals surface area contributed by atoms with E-state index in [9.17, 15) is 4.79 Å². The summed E-state index contributed by atoms with van der Waals surface area (Å²) in [5.74, 6) is 0.0293. The Morgan fingerprint density at radius 2 is 2.16 bits per heavy atom. The number of carbonyl (C=O) groups excluding carboxylic acids is 1. The Labute approximate surface area is 125 Å². The predicted molar refractivity (Wildman–Crippen MR) is 83.8 cm³/mol. The quantitative estimate of drug-likeness (QED) is 0.918. The molecule has 3 nitrogen and oxygen atoms in total. The van der Waals surface area contributed by atoms with E-state index in [1.807, 2.05) is 50.5 Å². The van der Waals surface area contributed by atoms with Crippen molar-refractivity contribution >= 4 is 38.9 Å². The van der Waals surface area contributed by atoms with Crippen molar-refractivity contribution in [3.63, 3.8) is 0 Å². The molecular weight excluding hydrogens is 324 g/mol. The van der Waals surface area contributed by atoms with Gasteiger partial charge in [0.15, 0.2) is 0 Å². The van der Waals surface area contributed by atoms with E-state index in [0.717, 1.165) is 14.4 Å². The molecule has 1 amide bonds. The molecule has 1 heterocycles. The third-order valence-electron chi connectivity index (χ3n) is 2.77. The Morgan fingerprint density at radius 1 is 1.37 bits per heavy atom. The number of nitrogens with zero attached hydrogens (tertiary/aromatic N) is 1. The summed E-state index contributed by atoms with van der Waals surface area (Å²) in [4.78, 5) is 15.2. The van der Waals surface area contributed by atoms with Gasteiger partial charge in [0.05, 0.1) is 10.3 Å². The molecule has 5 heteroatoms. The van der Waals surface area contributed by atoms with Crippen molar-refractivity contribution in [3.8, 4) is 0 Å². The van der Waals surface area contributed by atoms with Crippen molar-refractivity contribution < 1.29 is 4.79 Å². The largest absolute Gasteiger partial charge is 0.388 e. The van der Waals surface area contributed by atoms with Gasteiger partial charge in [-0.3, -0.25) is 4.79 Å². The van der Waals surface area contributed by atoms with E-state index in [-0.39, 0.29) is 5.91 Å². The summed E-state index contributed by atoms with van der Waals surface area (Å²) in [7, 11) is 3.67. The fourth-order valence-electron chi connectivity index (χ4n) is 1.77. The first-order valence-corrected chi connectivity index (χ1v) is 7.48. The van der Waals surface area contributed by atoms with Gasteiger partial charge in [-0.15, -0.1) is 11.3 Å². The number of rotatable bonds is 4. The maximum absolute atomic E-state index is 12.3. The Balaban J connectivity index is 2.09. The molecule has 1 aromatic heterocycles. The van der Waals surface area contributed by atoms with E-state index in [0.29, 0.717) is 12.1 Å². The van der Waals surface area contributed by atoms with Gasteiger partial charge in [-0.1, -0.05) is 6.07 Å². The van der Waals surface area contributed by atoms with E-state index >= 15 is 0 Å². The molecule has 0 saturated heterocycles. The number of amides is 1. The summed E-state index contributed by atoms with van der Waals surface area (Å²) >= 11 is 5.08. The Kier molecular flexibility index (Phi) is 4.61. The van der Waals surface area contributed by atoms with Crippen molar-refractivity contribution in [2.24, 2.45) is 0 Å². The van der Waals surface area contributed by atoms with E-state index < -0.39 is 0 Å². The lowest BCUT2D eigenvalue weighted by atomic mass is 10.2. The van der Waals surface area contributed by atoms with E-state index in [2.05, 4.69) is 21.2 Å². The zero-order chi connectivity index (χ0) is 13.8. The number of anilines is 1. The summed E-state index contributed by atoms with van der Waals surface area (Å²) in [6, 6.07) is 11.6. The lowest BCUT2D eigenvalue weighted by Gasteiger charge is -2.16. The number of hydrogen-bond acceptors (Lipinski definition) is 3. The normalized spacial score (nSPS) is 10.3. The second-order valence-corrected chi connectivity index (χ2v) is 6.75. The van der Waals surface area contributed by atoms with Crippen LogP contribution in [0.1, 0.15) is 15.2 Å². The molecule has 0 aliphatic heterocycles. The topological polar surface area (TPSA) is 32.3 Å². The molecule has 1 aromatic carbocycles. The maximum atomic E-state index is 12.3. The molecule has 0 aliphatic carbocycles. The smallest absolute Gasteiger partial charge is 0.253 e. The van der Waals surface area contributed by atoms with Crippen LogP contribution in [0.4, 0.5) is 5.69 Å². The number of thiophene rings is 1. The first kappa shape index (κ1) is 14.1. The molecule has 19 heavy (non-hydrogen) atoms. The third kappa shape index (κ3) is 3.58. The van der Waals surface area contributed by atoms with Gasteiger partial charge in [0.1, 0.15) is 0 Å². The average Bonchev–Trinajstić information content (AvgIpc) is 2.83. The molecule has 100 valence electrons. The molecule has 0 unspecified atom stereocenters. The lowest BCUT2D eigenvalue weighted by Crippen LogP contribution is -2.25. The Morgan fingerprint density at radius 3 is 2.79 bits per heavy atom. The van der Waals surface area contributed by atoms with Crippen molar-refractivity contribution in [3.05, 3.63) is 50.6 Å². The van der Waals surface area contributed by atoms with Crippen LogP contribution in [0.15, 0.2) is 40.2 Å². The Bertz CT molecular complexity index is 582. The van der Waals surface area contributed by atoms with Crippen LogP contribution in [0.3, 0.4) is 0 Å². The number of hydrogen-bond donors (Lipinski definition) is 1. The molecule has 0 bridgehead atoms.